The summed E-state index contributed by atoms with van der Waals surface area (Å²) in [7, 11) is 0. The van der Waals surface area contributed by atoms with Gasteiger partial charge in [-0.3, -0.25) is 14.9 Å². The fourth-order valence-corrected chi connectivity index (χ4v) is 4.60. The third-order valence-corrected chi connectivity index (χ3v) is 6.73. The Kier molecular flexibility index (Phi) is 8.97. The standard InChI is InChI=1S/C32H31FN6O/c33-29-7-4-25(5-8-29)3-6-28-22-30(37-32(40)36-17-13-26-2-1-14-35-23-26)9-10-31(28)39-20-18-38(19-21-39)24-27-11-15-34-16-12-27/h1-2,4-5,7-12,14-16,22-23H,13,17-21,24H2,(H2,36,37,40). The van der Waals surface area contributed by atoms with Gasteiger partial charge in [-0.05, 0) is 78.2 Å². The lowest BCUT2D eigenvalue weighted by molar-refractivity contribution is 0.250. The Morgan fingerprint density at radius 2 is 1.68 bits per heavy atom. The number of urea groups is 1. The number of anilines is 2. The highest BCUT2D eigenvalue weighted by molar-refractivity contribution is 5.90. The van der Waals surface area contributed by atoms with E-state index >= 15 is 0 Å². The van der Waals surface area contributed by atoms with Gasteiger partial charge in [-0.25, -0.2) is 9.18 Å². The maximum Gasteiger partial charge on any atom is 0.319 e. The summed E-state index contributed by atoms with van der Waals surface area (Å²) < 4.78 is 13.4. The van der Waals surface area contributed by atoms with Gasteiger partial charge in [-0.1, -0.05) is 17.9 Å². The van der Waals surface area contributed by atoms with Crippen molar-refractivity contribution in [2.45, 2.75) is 13.0 Å². The smallest absolute Gasteiger partial charge is 0.319 e. The van der Waals surface area contributed by atoms with Gasteiger partial charge in [0.05, 0.1) is 11.3 Å². The fourth-order valence-electron chi connectivity index (χ4n) is 4.60. The first-order valence-corrected chi connectivity index (χ1v) is 13.3. The van der Waals surface area contributed by atoms with Crippen molar-refractivity contribution < 1.29 is 9.18 Å². The van der Waals surface area contributed by atoms with Crippen LogP contribution in [-0.2, 0) is 13.0 Å². The van der Waals surface area contributed by atoms with Crippen LogP contribution in [0.5, 0.6) is 0 Å². The number of nitrogens with zero attached hydrogens (tertiary/aromatic N) is 4. The van der Waals surface area contributed by atoms with Crippen LogP contribution >= 0.6 is 0 Å². The van der Waals surface area contributed by atoms with E-state index in [0.717, 1.165) is 55.1 Å². The topological polar surface area (TPSA) is 73.4 Å². The molecule has 0 unspecified atom stereocenters. The minimum atomic E-state index is -0.295. The second-order valence-electron chi connectivity index (χ2n) is 9.60. The molecule has 202 valence electrons. The van der Waals surface area contributed by atoms with Crippen LogP contribution in [0.1, 0.15) is 22.3 Å². The summed E-state index contributed by atoms with van der Waals surface area (Å²) in [5.74, 6) is 6.12. The van der Waals surface area contributed by atoms with Crippen LogP contribution in [-0.4, -0.2) is 53.6 Å². The second kappa shape index (κ2) is 13.4. The lowest BCUT2D eigenvalue weighted by atomic mass is 10.1. The van der Waals surface area contributed by atoms with Crippen molar-refractivity contribution in [1.82, 2.24) is 20.2 Å². The SMILES string of the molecule is O=C(NCCc1cccnc1)Nc1ccc(N2CCN(Cc3ccncc3)CC2)c(C#Cc2ccc(F)cc2)c1. The lowest BCUT2D eigenvalue weighted by Crippen LogP contribution is -2.46. The number of benzene rings is 2. The first-order chi connectivity index (χ1) is 19.6. The van der Waals surface area contributed by atoms with Gasteiger partial charge in [0.25, 0.3) is 0 Å². The Bertz CT molecular complexity index is 1460. The molecule has 1 saturated heterocycles. The third kappa shape index (κ3) is 7.65. The van der Waals surface area contributed by atoms with E-state index in [0.29, 0.717) is 18.7 Å². The zero-order valence-electron chi connectivity index (χ0n) is 22.2. The van der Waals surface area contributed by atoms with E-state index in [4.69, 9.17) is 0 Å². The Morgan fingerprint density at radius 1 is 0.875 bits per heavy atom. The normalized spacial score (nSPS) is 13.3. The molecule has 1 aliphatic rings. The molecule has 8 heteroatoms. The van der Waals surface area contributed by atoms with Crippen LogP contribution in [0.3, 0.4) is 0 Å². The van der Waals surface area contributed by atoms with E-state index in [1.807, 2.05) is 42.7 Å². The van der Waals surface area contributed by atoms with Gasteiger partial charge < -0.3 is 15.5 Å². The molecule has 0 bridgehead atoms. The molecule has 0 atom stereocenters. The minimum absolute atomic E-state index is 0.279. The molecule has 0 spiro atoms. The predicted molar refractivity (Wildman–Crippen MR) is 156 cm³/mol. The van der Waals surface area contributed by atoms with E-state index in [1.165, 1.54) is 17.7 Å². The number of halogens is 1. The molecular weight excluding hydrogens is 503 g/mol. The number of rotatable bonds is 7. The molecule has 0 radical (unpaired) electrons. The van der Waals surface area contributed by atoms with E-state index in [-0.39, 0.29) is 11.8 Å². The number of piperazine rings is 1. The quantitative estimate of drug-likeness (QED) is 0.336. The van der Waals surface area contributed by atoms with E-state index in [1.54, 1.807) is 24.5 Å². The fraction of sp³-hybridized carbons (Fsp3) is 0.219. The van der Waals surface area contributed by atoms with Crippen molar-refractivity contribution >= 4 is 17.4 Å². The molecule has 2 amide bonds. The molecule has 2 aromatic heterocycles. The zero-order valence-corrected chi connectivity index (χ0v) is 22.2. The first kappa shape index (κ1) is 26.9. The lowest BCUT2D eigenvalue weighted by Gasteiger charge is -2.36. The molecule has 0 aliphatic carbocycles. The third-order valence-electron chi connectivity index (χ3n) is 6.73. The van der Waals surface area contributed by atoms with Gasteiger partial charge in [0.2, 0.25) is 0 Å². The molecule has 5 rings (SSSR count). The van der Waals surface area contributed by atoms with E-state index in [2.05, 4.69) is 54.4 Å². The molecule has 3 heterocycles. The van der Waals surface area contributed by atoms with Crippen molar-refractivity contribution in [1.29, 1.82) is 0 Å². The second-order valence-corrected chi connectivity index (χ2v) is 9.60. The summed E-state index contributed by atoms with van der Waals surface area (Å²) in [6, 6.07) is 19.6. The summed E-state index contributed by atoms with van der Waals surface area (Å²) in [4.78, 5) is 25.5. The van der Waals surface area contributed by atoms with Crippen molar-refractivity contribution in [3.8, 4) is 11.8 Å². The van der Waals surface area contributed by atoms with Crippen molar-refractivity contribution in [2.24, 2.45) is 0 Å². The average molecular weight is 535 g/mol. The molecule has 2 aromatic carbocycles. The number of nitrogens with one attached hydrogen (secondary N) is 2. The van der Waals surface area contributed by atoms with E-state index in [9.17, 15) is 9.18 Å². The minimum Gasteiger partial charge on any atom is -0.368 e. The van der Waals surface area contributed by atoms with Crippen molar-refractivity contribution in [2.75, 3.05) is 42.9 Å². The van der Waals surface area contributed by atoms with Crippen LogP contribution in [0, 0.1) is 17.7 Å². The van der Waals surface area contributed by atoms with Crippen LogP contribution in [0.2, 0.25) is 0 Å². The number of carbonyl (C=O) groups is 1. The Balaban J connectivity index is 1.27. The summed E-state index contributed by atoms with van der Waals surface area (Å²) in [6.45, 7) is 4.96. The molecular formula is C32H31FN6O. The zero-order chi connectivity index (χ0) is 27.6. The van der Waals surface area contributed by atoms with Crippen molar-refractivity contribution in [3.63, 3.8) is 0 Å². The van der Waals surface area contributed by atoms with Gasteiger partial charge >= 0.3 is 6.03 Å². The Morgan fingerprint density at radius 3 is 2.42 bits per heavy atom. The molecule has 4 aromatic rings. The molecule has 2 N–H and O–H groups in total. The average Bonchev–Trinajstić information content (AvgIpc) is 2.99. The highest BCUT2D eigenvalue weighted by atomic mass is 19.1. The summed E-state index contributed by atoms with van der Waals surface area (Å²) in [5, 5.41) is 5.82. The van der Waals surface area contributed by atoms with Crippen LogP contribution in [0.15, 0.2) is 91.5 Å². The number of aromatic nitrogens is 2. The molecule has 1 aliphatic heterocycles. The molecule has 40 heavy (non-hydrogen) atoms. The van der Waals surface area contributed by atoms with Crippen LogP contribution in [0.25, 0.3) is 0 Å². The summed E-state index contributed by atoms with van der Waals surface area (Å²) in [6.07, 6.45) is 7.88. The van der Waals surface area contributed by atoms with Gasteiger partial charge in [0, 0.05) is 75.3 Å². The number of carbonyl (C=O) groups excluding carboxylic acids is 1. The van der Waals surface area contributed by atoms with E-state index < -0.39 is 0 Å². The van der Waals surface area contributed by atoms with Gasteiger partial charge in [-0.2, -0.15) is 0 Å². The molecule has 7 nitrogen and oxygen atoms in total. The molecule has 1 fully saturated rings. The maximum atomic E-state index is 13.4. The number of amides is 2. The highest BCUT2D eigenvalue weighted by Gasteiger charge is 2.19. The van der Waals surface area contributed by atoms with Gasteiger partial charge in [0.15, 0.2) is 0 Å². The van der Waals surface area contributed by atoms with Crippen molar-refractivity contribution in [3.05, 3.63) is 120 Å². The van der Waals surface area contributed by atoms with Crippen LogP contribution < -0.4 is 15.5 Å². The van der Waals surface area contributed by atoms with Crippen LogP contribution in [0.4, 0.5) is 20.6 Å². The van der Waals surface area contributed by atoms with Gasteiger partial charge in [-0.15, -0.1) is 0 Å². The summed E-state index contributed by atoms with van der Waals surface area (Å²) in [5.41, 5.74) is 5.51. The number of hydrogen-bond donors (Lipinski definition) is 2. The molecule has 0 saturated carbocycles. The largest absolute Gasteiger partial charge is 0.368 e. The predicted octanol–water partition coefficient (Wildman–Crippen LogP) is 4.70. The van der Waals surface area contributed by atoms with Gasteiger partial charge in [0.1, 0.15) is 5.82 Å². The highest BCUT2D eigenvalue weighted by Crippen LogP contribution is 2.25. The monoisotopic (exact) mass is 534 g/mol. The Hall–Kier alpha value is -4.74. The Labute approximate surface area is 234 Å². The summed E-state index contributed by atoms with van der Waals surface area (Å²) >= 11 is 0. The number of hydrogen-bond acceptors (Lipinski definition) is 5. The maximum absolute atomic E-state index is 13.4. The number of pyridine rings is 2. The first-order valence-electron chi connectivity index (χ1n) is 13.3.